The van der Waals surface area contributed by atoms with Crippen LogP contribution < -0.4 is 10.4 Å². The number of pyridine rings is 1. The van der Waals surface area contributed by atoms with Gasteiger partial charge in [0.15, 0.2) is 6.61 Å². The molecule has 0 saturated heterocycles. The molecular weight excluding hydrogens is 344 g/mol. The molecule has 6 heteroatoms. The van der Waals surface area contributed by atoms with Gasteiger partial charge in [-0.2, -0.15) is 0 Å². The molecule has 0 N–H and O–H groups in total. The Balaban J connectivity index is 1.48. The lowest BCUT2D eigenvalue weighted by molar-refractivity contribution is -0.136. The van der Waals surface area contributed by atoms with Crippen molar-refractivity contribution in [3.63, 3.8) is 0 Å². The first kappa shape index (κ1) is 17.3. The van der Waals surface area contributed by atoms with Crippen LogP contribution in [0.3, 0.4) is 0 Å². The lowest BCUT2D eigenvalue weighted by Crippen LogP contribution is -2.39. The first-order valence-corrected chi connectivity index (χ1v) is 9.00. The van der Waals surface area contributed by atoms with Crippen molar-refractivity contribution < 1.29 is 13.9 Å². The molecule has 1 unspecified atom stereocenters. The molecule has 6 nitrogen and oxygen atoms in total. The highest BCUT2D eigenvalue weighted by Crippen LogP contribution is 2.34. The number of carbonyl (C=O) groups excluding carboxylic acids is 1. The zero-order valence-corrected chi connectivity index (χ0v) is 15.0. The van der Waals surface area contributed by atoms with E-state index in [1.807, 2.05) is 30.0 Å². The fraction of sp³-hybridized carbons (Fsp3) is 0.286. The molecule has 3 aromatic rings. The smallest absolute Gasteiger partial charge is 0.336 e. The Bertz CT molecular complexity index is 1010. The van der Waals surface area contributed by atoms with Crippen LogP contribution in [0.5, 0.6) is 5.75 Å². The maximum absolute atomic E-state index is 12.8. The number of fused-ring (bicyclic) bond motifs is 1. The first-order valence-electron chi connectivity index (χ1n) is 9.00. The maximum Gasteiger partial charge on any atom is 0.336 e. The summed E-state index contributed by atoms with van der Waals surface area (Å²) in [5, 5.41) is 0.802. The van der Waals surface area contributed by atoms with Gasteiger partial charge >= 0.3 is 5.63 Å². The third-order valence-electron chi connectivity index (χ3n) is 4.72. The van der Waals surface area contributed by atoms with Gasteiger partial charge in [0.05, 0.1) is 11.7 Å². The van der Waals surface area contributed by atoms with Gasteiger partial charge in [0, 0.05) is 29.8 Å². The van der Waals surface area contributed by atoms with Crippen molar-refractivity contribution in [1.82, 2.24) is 9.88 Å². The lowest BCUT2D eigenvalue weighted by Gasteiger charge is -2.29. The van der Waals surface area contributed by atoms with E-state index < -0.39 is 5.63 Å². The van der Waals surface area contributed by atoms with Crippen LogP contribution in [-0.2, 0) is 4.79 Å². The molecule has 4 rings (SSSR count). The second-order valence-corrected chi connectivity index (χ2v) is 6.71. The van der Waals surface area contributed by atoms with E-state index >= 15 is 0 Å². The van der Waals surface area contributed by atoms with Crippen molar-refractivity contribution in [2.45, 2.75) is 31.8 Å². The first-order chi connectivity index (χ1) is 13.1. The Morgan fingerprint density at radius 2 is 2.07 bits per heavy atom. The summed E-state index contributed by atoms with van der Waals surface area (Å²) < 4.78 is 10.8. The predicted molar refractivity (Wildman–Crippen MR) is 100 cm³/mol. The Kier molecular flexibility index (Phi) is 4.62. The van der Waals surface area contributed by atoms with Gasteiger partial charge in [-0.3, -0.25) is 9.78 Å². The quantitative estimate of drug-likeness (QED) is 0.628. The van der Waals surface area contributed by atoms with E-state index in [0.29, 0.717) is 11.3 Å². The molecule has 138 valence electrons. The highest BCUT2D eigenvalue weighted by molar-refractivity contribution is 5.80. The Labute approximate surface area is 156 Å². The van der Waals surface area contributed by atoms with Gasteiger partial charge in [-0.15, -0.1) is 0 Å². The Morgan fingerprint density at radius 1 is 1.26 bits per heavy atom. The van der Waals surface area contributed by atoms with Gasteiger partial charge in [0.25, 0.3) is 5.91 Å². The number of carbonyl (C=O) groups is 1. The molecule has 1 saturated carbocycles. The van der Waals surface area contributed by atoms with Gasteiger partial charge in [0.1, 0.15) is 11.3 Å². The van der Waals surface area contributed by atoms with Crippen molar-refractivity contribution in [2.24, 2.45) is 0 Å². The predicted octanol–water partition coefficient (Wildman–Crippen LogP) is 3.32. The number of hydrogen-bond acceptors (Lipinski definition) is 5. The summed E-state index contributed by atoms with van der Waals surface area (Å²) >= 11 is 0. The molecular formula is C21H20N2O4. The minimum Gasteiger partial charge on any atom is -0.484 e. The molecule has 1 atom stereocenters. The molecule has 0 spiro atoms. The fourth-order valence-corrected chi connectivity index (χ4v) is 3.20. The van der Waals surface area contributed by atoms with E-state index in [0.717, 1.165) is 23.9 Å². The molecule has 1 fully saturated rings. The van der Waals surface area contributed by atoms with E-state index in [9.17, 15) is 9.59 Å². The van der Waals surface area contributed by atoms with Crippen molar-refractivity contribution in [1.29, 1.82) is 0 Å². The number of hydrogen-bond donors (Lipinski definition) is 0. The summed E-state index contributed by atoms with van der Waals surface area (Å²) in [5.41, 5.74) is 0.887. The summed E-state index contributed by atoms with van der Waals surface area (Å²) in [6, 6.07) is 14.1. The molecule has 2 heterocycles. The van der Waals surface area contributed by atoms with Gasteiger partial charge in [0.2, 0.25) is 0 Å². The van der Waals surface area contributed by atoms with Gasteiger partial charge < -0.3 is 14.1 Å². The zero-order valence-electron chi connectivity index (χ0n) is 15.0. The molecule has 0 aliphatic heterocycles. The standard InChI is InChI=1S/C21H20N2O4/c1-14(18-4-2-3-11-22-18)23(16-7-8-16)20(24)13-26-17-9-5-15-6-10-21(25)27-19(15)12-17/h2-6,9-12,14,16H,7-8,13H2,1H3. The average Bonchev–Trinajstić information content (AvgIpc) is 3.51. The summed E-state index contributed by atoms with van der Waals surface area (Å²) in [4.78, 5) is 30.4. The molecule has 1 amide bonds. The largest absolute Gasteiger partial charge is 0.484 e. The molecule has 1 aliphatic carbocycles. The minimum atomic E-state index is -0.417. The Morgan fingerprint density at radius 3 is 2.81 bits per heavy atom. The number of benzene rings is 1. The SMILES string of the molecule is CC(c1ccccn1)N(C(=O)COc1ccc2ccc(=O)oc2c1)C1CC1. The van der Waals surface area contributed by atoms with E-state index in [-0.39, 0.29) is 24.6 Å². The lowest BCUT2D eigenvalue weighted by atomic mass is 10.1. The van der Waals surface area contributed by atoms with Crippen molar-refractivity contribution in [2.75, 3.05) is 6.61 Å². The molecule has 2 aromatic heterocycles. The highest BCUT2D eigenvalue weighted by atomic mass is 16.5. The van der Waals surface area contributed by atoms with E-state index in [2.05, 4.69) is 4.98 Å². The third-order valence-corrected chi connectivity index (χ3v) is 4.72. The van der Waals surface area contributed by atoms with Gasteiger partial charge in [-0.05, 0) is 50.1 Å². The fourth-order valence-electron chi connectivity index (χ4n) is 3.20. The summed E-state index contributed by atoms with van der Waals surface area (Å²) in [5.74, 6) is 0.414. The van der Waals surface area contributed by atoms with Crippen LogP contribution in [0.2, 0.25) is 0 Å². The summed E-state index contributed by atoms with van der Waals surface area (Å²) in [7, 11) is 0. The Hall–Kier alpha value is -3.15. The van der Waals surface area contributed by atoms with Crippen LogP contribution in [0.25, 0.3) is 11.0 Å². The maximum atomic E-state index is 12.8. The summed E-state index contributed by atoms with van der Waals surface area (Å²) in [6.45, 7) is 1.92. The van der Waals surface area contributed by atoms with Crippen molar-refractivity contribution in [3.8, 4) is 5.75 Å². The molecule has 0 bridgehead atoms. The molecule has 1 aliphatic rings. The minimum absolute atomic E-state index is 0.0732. The van der Waals surface area contributed by atoms with Crippen LogP contribution in [0.1, 0.15) is 31.5 Å². The zero-order chi connectivity index (χ0) is 18.8. The van der Waals surface area contributed by atoms with Crippen LogP contribution >= 0.6 is 0 Å². The van der Waals surface area contributed by atoms with Crippen molar-refractivity contribution >= 4 is 16.9 Å². The second-order valence-electron chi connectivity index (χ2n) is 6.71. The number of aromatic nitrogens is 1. The van der Waals surface area contributed by atoms with Crippen LogP contribution in [0.15, 0.2) is 63.9 Å². The number of ether oxygens (including phenoxy) is 1. The van der Waals surface area contributed by atoms with E-state index in [1.54, 1.807) is 30.5 Å². The molecule has 0 radical (unpaired) electrons. The van der Waals surface area contributed by atoms with Crippen molar-refractivity contribution in [3.05, 3.63) is 70.8 Å². The van der Waals surface area contributed by atoms with E-state index in [4.69, 9.17) is 9.15 Å². The summed E-state index contributed by atoms with van der Waals surface area (Å²) in [6.07, 6.45) is 3.74. The monoisotopic (exact) mass is 364 g/mol. The van der Waals surface area contributed by atoms with Gasteiger partial charge in [-0.1, -0.05) is 6.07 Å². The van der Waals surface area contributed by atoms with Crippen LogP contribution in [-0.4, -0.2) is 28.4 Å². The molecule has 1 aromatic carbocycles. The van der Waals surface area contributed by atoms with Crippen LogP contribution in [0, 0.1) is 0 Å². The number of nitrogens with zero attached hydrogens (tertiary/aromatic N) is 2. The molecule has 27 heavy (non-hydrogen) atoms. The number of rotatable bonds is 6. The topological polar surface area (TPSA) is 72.6 Å². The average molecular weight is 364 g/mol. The normalized spacial score (nSPS) is 14.7. The highest BCUT2D eigenvalue weighted by Gasteiger charge is 2.36. The van der Waals surface area contributed by atoms with Crippen LogP contribution in [0.4, 0.5) is 0 Å². The second kappa shape index (κ2) is 7.23. The number of amides is 1. The third kappa shape index (κ3) is 3.84. The van der Waals surface area contributed by atoms with Gasteiger partial charge in [-0.25, -0.2) is 4.79 Å². The van der Waals surface area contributed by atoms with E-state index in [1.165, 1.54) is 6.07 Å².